The summed E-state index contributed by atoms with van der Waals surface area (Å²) in [5, 5.41) is 22.5. The van der Waals surface area contributed by atoms with Gasteiger partial charge >= 0.3 is 11.7 Å². The fourth-order valence-corrected chi connectivity index (χ4v) is 1.48. The van der Waals surface area contributed by atoms with Gasteiger partial charge in [-0.2, -0.15) is 4.98 Å². The number of carboxylic acids is 1. The summed E-state index contributed by atoms with van der Waals surface area (Å²) in [5.74, 6) is -1.22. The van der Waals surface area contributed by atoms with Crippen LogP contribution in [-0.2, 0) is 4.79 Å². The van der Waals surface area contributed by atoms with Crippen molar-refractivity contribution in [1.82, 2.24) is 9.97 Å². The van der Waals surface area contributed by atoms with Crippen LogP contribution >= 0.6 is 0 Å². The summed E-state index contributed by atoms with van der Waals surface area (Å²) in [7, 11) is 1.26. The second-order valence-corrected chi connectivity index (χ2v) is 3.68. The number of aromatic nitrogens is 2. The molecule has 0 aliphatic rings. The largest absolute Gasteiger partial charge is 0.481 e. The van der Waals surface area contributed by atoms with Crippen molar-refractivity contribution in [2.24, 2.45) is 0 Å². The molecule has 0 saturated heterocycles. The molecule has 0 fully saturated rings. The fraction of sp³-hybridized carbons (Fsp3) is 0.500. The highest BCUT2D eigenvalue weighted by Gasteiger charge is 2.25. The number of hydrogen-bond donors (Lipinski definition) is 2. The van der Waals surface area contributed by atoms with Gasteiger partial charge in [-0.15, -0.1) is 0 Å². The number of nitrogens with zero attached hydrogens (tertiary/aromatic N) is 3. The first-order valence-corrected chi connectivity index (χ1v) is 5.51. The van der Waals surface area contributed by atoms with E-state index in [4.69, 9.17) is 9.84 Å². The van der Waals surface area contributed by atoms with Crippen molar-refractivity contribution in [2.45, 2.75) is 25.8 Å². The van der Waals surface area contributed by atoms with Gasteiger partial charge in [0.1, 0.15) is 6.33 Å². The van der Waals surface area contributed by atoms with E-state index in [1.807, 2.05) is 0 Å². The Hall–Kier alpha value is -2.45. The third-order valence-corrected chi connectivity index (χ3v) is 2.42. The zero-order valence-electron chi connectivity index (χ0n) is 10.5. The number of nitro groups is 1. The maximum absolute atomic E-state index is 11.0. The Balaban J connectivity index is 3.05. The molecule has 9 nitrogen and oxygen atoms in total. The van der Waals surface area contributed by atoms with Gasteiger partial charge in [0.05, 0.1) is 18.5 Å². The highest BCUT2D eigenvalue weighted by atomic mass is 16.6. The van der Waals surface area contributed by atoms with E-state index in [0.717, 1.165) is 6.33 Å². The smallest absolute Gasteiger partial charge is 0.372 e. The number of rotatable bonds is 7. The summed E-state index contributed by atoms with van der Waals surface area (Å²) in [6, 6.07) is -0.462. The number of ether oxygens (including phenoxy) is 1. The van der Waals surface area contributed by atoms with Crippen LogP contribution in [-0.4, -0.2) is 39.1 Å². The van der Waals surface area contributed by atoms with Gasteiger partial charge in [0.15, 0.2) is 0 Å². The van der Waals surface area contributed by atoms with Gasteiger partial charge in [-0.25, -0.2) is 4.98 Å². The third-order valence-electron chi connectivity index (χ3n) is 2.42. The maximum Gasteiger partial charge on any atom is 0.372 e. The van der Waals surface area contributed by atoms with Gasteiger partial charge in [-0.3, -0.25) is 14.9 Å². The molecule has 1 rings (SSSR count). The molecule has 19 heavy (non-hydrogen) atoms. The Labute approximate surface area is 108 Å². The molecule has 1 aromatic rings. The average molecular weight is 270 g/mol. The Kier molecular flexibility index (Phi) is 4.98. The van der Waals surface area contributed by atoms with Gasteiger partial charge in [0.25, 0.3) is 5.88 Å². The van der Waals surface area contributed by atoms with Crippen molar-refractivity contribution in [1.29, 1.82) is 0 Å². The summed E-state index contributed by atoms with van der Waals surface area (Å²) in [6.07, 6.45) is 1.43. The Morgan fingerprint density at radius 1 is 1.63 bits per heavy atom. The van der Waals surface area contributed by atoms with Gasteiger partial charge in [0, 0.05) is 6.04 Å². The monoisotopic (exact) mass is 270 g/mol. The summed E-state index contributed by atoms with van der Waals surface area (Å²) in [6.45, 7) is 1.77. The van der Waals surface area contributed by atoms with Crippen LogP contribution in [0.1, 0.15) is 19.8 Å². The molecule has 1 atom stereocenters. The Bertz CT molecular complexity index is 479. The number of methoxy groups -OCH3 is 1. The molecule has 0 bridgehead atoms. The summed E-state index contributed by atoms with van der Waals surface area (Å²) < 4.78 is 4.79. The maximum atomic E-state index is 11.0. The first-order valence-electron chi connectivity index (χ1n) is 5.51. The number of aliphatic carboxylic acids is 1. The lowest BCUT2D eigenvalue weighted by atomic mass is 10.1. The molecule has 0 spiro atoms. The van der Waals surface area contributed by atoms with E-state index in [-0.39, 0.29) is 18.1 Å². The molecular formula is C10H14N4O5. The van der Waals surface area contributed by atoms with Crippen molar-refractivity contribution in [3.8, 4) is 5.88 Å². The van der Waals surface area contributed by atoms with E-state index in [2.05, 4.69) is 15.3 Å². The van der Waals surface area contributed by atoms with Gasteiger partial charge in [-0.05, 0) is 6.42 Å². The Morgan fingerprint density at radius 3 is 2.79 bits per heavy atom. The predicted octanol–water partition coefficient (Wildman–Crippen LogP) is 1.06. The van der Waals surface area contributed by atoms with Gasteiger partial charge < -0.3 is 15.2 Å². The minimum absolute atomic E-state index is 0.0510. The van der Waals surface area contributed by atoms with E-state index in [1.165, 1.54) is 7.11 Å². The SMILES string of the molecule is CCC(CC(=O)O)Nc1ncnc(OC)c1[N+](=O)[O-]. The van der Waals surface area contributed by atoms with Crippen LogP contribution in [0, 0.1) is 10.1 Å². The predicted molar refractivity (Wildman–Crippen MR) is 65.2 cm³/mol. The second-order valence-electron chi connectivity index (χ2n) is 3.68. The molecule has 1 aromatic heterocycles. The number of carboxylic acid groups (broad SMARTS) is 1. The number of nitrogens with one attached hydrogen (secondary N) is 1. The first-order chi connectivity index (χ1) is 8.99. The molecule has 0 aliphatic heterocycles. The van der Waals surface area contributed by atoms with E-state index in [0.29, 0.717) is 6.42 Å². The van der Waals surface area contributed by atoms with Crippen LogP contribution in [0.4, 0.5) is 11.5 Å². The van der Waals surface area contributed by atoms with E-state index >= 15 is 0 Å². The quantitative estimate of drug-likeness (QED) is 0.556. The standard InChI is InChI=1S/C10H14N4O5/c1-3-6(4-7(15)16)13-9-8(14(17)18)10(19-2)12-5-11-9/h5-6H,3-4H2,1-2H3,(H,15,16)(H,11,12,13). The summed E-state index contributed by atoms with van der Waals surface area (Å²) in [4.78, 5) is 28.4. The molecular weight excluding hydrogens is 256 g/mol. The van der Waals surface area contributed by atoms with Crippen molar-refractivity contribution >= 4 is 17.5 Å². The number of carbonyl (C=O) groups is 1. The zero-order valence-corrected chi connectivity index (χ0v) is 10.5. The molecule has 0 radical (unpaired) electrons. The average Bonchev–Trinajstić information content (AvgIpc) is 2.36. The van der Waals surface area contributed by atoms with Crippen LogP contribution in [0.2, 0.25) is 0 Å². The van der Waals surface area contributed by atoms with Gasteiger partial charge in [-0.1, -0.05) is 6.92 Å². The van der Waals surface area contributed by atoms with Crippen LogP contribution in [0.15, 0.2) is 6.33 Å². The van der Waals surface area contributed by atoms with Crippen molar-refractivity contribution in [2.75, 3.05) is 12.4 Å². The lowest BCUT2D eigenvalue weighted by molar-refractivity contribution is -0.385. The first kappa shape index (κ1) is 14.6. The molecule has 2 N–H and O–H groups in total. The normalized spacial score (nSPS) is 11.7. The summed E-state index contributed by atoms with van der Waals surface area (Å²) >= 11 is 0. The lowest BCUT2D eigenvalue weighted by Gasteiger charge is -2.15. The fourth-order valence-electron chi connectivity index (χ4n) is 1.48. The number of anilines is 1. The Morgan fingerprint density at radius 2 is 2.32 bits per heavy atom. The highest BCUT2D eigenvalue weighted by molar-refractivity contribution is 5.69. The van der Waals surface area contributed by atoms with Crippen LogP contribution < -0.4 is 10.1 Å². The second kappa shape index (κ2) is 6.47. The minimum Gasteiger partial charge on any atom is -0.481 e. The third kappa shape index (κ3) is 3.76. The minimum atomic E-state index is -0.997. The molecule has 0 aromatic carbocycles. The van der Waals surface area contributed by atoms with Gasteiger partial charge in [0.2, 0.25) is 5.82 Å². The molecule has 1 heterocycles. The van der Waals surface area contributed by atoms with Crippen LogP contribution in [0.5, 0.6) is 5.88 Å². The van der Waals surface area contributed by atoms with Crippen molar-refractivity contribution in [3.05, 3.63) is 16.4 Å². The molecule has 104 valence electrons. The van der Waals surface area contributed by atoms with Crippen LogP contribution in [0.25, 0.3) is 0 Å². The van der Waals surface area contributed by atoms with E-state index in [1.54, 1.807) is 6.92 Å². The topological polar surface area (TPSA) is 127 Å². The van der Waals surface area contributed by atoms with Crippen molar-refractivity contribution in [3.63, 3.8) is 0 Å². The highest BCUT2D eigenvalue weighted by Crippen LogP contribution is 2.31. The molecule has 0 aliphatic carbocycles. The zero-order chi connectivity index (χ0) is 14.4. The van der Waals surface area contributed by atoms with Crippen LogP contribution in [0.3, 0.4) is 0 Å². The molecule has 9 heteroatoms. The lowest BCUT2D eigenvalue weighted by Crippen LogP contribution is -2.23. The van der Waals surface area contributed by atoms with E-state index < -0.39 is 22.6 Å². The van der Waals surface area contributed by atoms with Crippen molar-refractivity contribution < 1.29 is 19.6 Å². The van der Waals surface area contributed by atoms with E-state index in [9.17, 15) is 14.9 Å². The molecule has 0 amide bonds. The number of hydrogen-bond acceptors (Lipinski definition) is 7. The molecule has 0 saturated carbocycles. The molecule has 1 unspecified atom stereocenters. The summed E-state index contributed by atoms with van der Waals surface area (Å²) in [5.41, 5.74) is -0.408.